The molecule has 1 unspecified atom stereocenters. The molecule has 2 aromatic rings. The van der Waals surface area contributed by atoms with Gasteiger partial charge in [0.2, 0.25) is 0 Å². The Morgan fingerprint density at radius 1 is 1.03 bits per heavy atom. The lowest BCUT2D eigenvalue weighted by Gasteiger charge is -2.36. The molecule has 1 saturated heterocycles. The first-order valence-electron chi connectivity index (χ1n) is 12.1. The molecule has 0 bridgehead atoms. The number of aryl methyl sites for hydroxylation is 1. The van der Waals surface area contributed by atoms with Crippen molar-refractivity contribution in [2.45, 2.75) is 51.4 Å². The maximum atomic E-state index is 13.2. The van der Waals surface area contributed by atoms with Gasteiger partial charge >= 0.3 is 0 Å². The third kappa shape index (κ3) is 6.30. The van der Waals surface area contributed by atoms with E-state index in [9.17, 15) is 14.4 Å². The van der Waals surface area contributed by atoms with Crippen molar-refractivity contribution in [3.8, 4) is 11.8 Å². The van der Waals surface area contributed by atoms with Crippen LogP contribution >= 0.6 is 0 Å². The van der Waals surface area contributed by atoms with Gasteiger partial charge in [-0.15, -0.1) is 0 Å². The first-order valence-corrected chi connectivity index (χ1v) is 12.1. The Kier molecular flexibility index (Phi) is 9.23. The Morgan fingerprint density at radius 3 is 2.17 bits per heavy atom. The molecule has 1 aliphatic heterocycles. The second-order valence-corrected chi connectivity index (χ2v) is 8.74. The molecular weight excluding hydrogens is 458 g/mol. The van der Waals surface area contributed by atoms with Crippen molar-refractivity contribution in [3.63, 3.8) is 0 Å². The number of carbonyl (C=O) groups excluding carboxylic acids is 3. The van der Waals surface area contributed by atoms with Crippen LogP contribution in [0.1, 0.15) is 60.2 Å². The highest BCUT2D eigenvalue weighted by Crippen LogP contribution is 2.19. The van der Waals surface area contributed by atoms with Crippen molar-refractivity contribution in [3.05, 3.63) is 70.8 Å². The lowest BCUT2D eigenvalue weighted by molar-refractivity contribution is -0.204. The van der Waals surface area contributed by atoms with Crippen LogP contribution < -0.4 is 10.8 Å². The molecule has 2 atom stereocenters. The summed E-state index contributed by atoms with van der Waals surface area (Å²) in [6.07, 6.45) is 2.86. The van der Waals surface area contributed by atoms with E-state index < -0.39 is 29.6 Å². The molecule has 3 rings (SSSR count). The number of amides is 3. The molecule has 0 spiro atoms. The van der Waals surface area contributed by atoms with Crippen molar-refractivity contribution in [1.82, 2.24) is 15.7 Å². The average molecular weight is 492 g/mol. The predicted molar refractivity (Wildman–Crippen MR) is 136 cm³/mol. The topological polar surface area (TPSA) is 97.0 Å². The SMILES string of the molecule is CCc1ccc(C#Cc2ccc(C(=O)N(C)[C@@](C)(C(=O)NC)C(=O)NOC3CCCCO3)cc2)cc1. The van der Waals surface area contributed by atoms with E-state index in [0.29, 0.717) is 18.6 Å². The molecule has 1 heterocycles. The minimum Gasteiger partial charge on any atom is -0.357 e. The summed E-state index contributed by atoms with van der Waals surface area (Å²) in [6, 6.07) is 14.8. The number of ether oxygens (including phenoxy) is 1. The Balaban J connectivity index is 1.72. The summed E-state index contributed by atoms with van der Waals surface area (Å²) < 4.78 is 5.45. The fourth-order valence-corrected chi connectivity index (χ4v) is 3.73. The lowest BCUT2D eigenvalue weighted by atomic mass is 9.96. The lowest BCUT2D eigenvalue weighted by Crippen LogP contribution is -2.65. The molecule has 0 aliphatic carbocycles. The molecule has 0 aromatic heterocycles. The van der Waals surface area contributed by atoms with Crippen molar-refractivity contribution in [2.24, 2.45) is 0 Å². The number of likely N-dealkylation sites (N-methyl/N-ethyl adjacent to an activating group) is 2. The van der Waals surface area contributed by atoms with E-state index in [1.807, 2.05) is 12.1 Å². The monoisotopic (exact) mass is 491 g/mol. The van der Waals surface area contributed by atoms with Gasteiger partial charge in [0.25, 0.3) is 17.7 Å². The van der Waals surface area contributed by atoms with Gasteiger partial charge in [-0.05, 0) is 68.1 Å². The van der Waals surface area contributed by atoms with Gasteiger partial charge in [-0.25, -0.2) is 10.3 Å². The van der Waals surface area contributed by atoms with Crippen LogP contribution in [0.2, 0.25) is 0 Å². The fourth-order valence-electron chi connectivity index (χ4n) is 3.73. The van der Waals surface area contributed by atoms with Crippen LogP contribution in [0.4, 0.5) is 0 Å². The zero-order chi connectivity index (χ0) is 26.1. The molecule has 2 aromatic carbocycles. The van der Waals surface area contributed by atoms with E-state index in [1.165, 1.54) is 26.6 Å². The van der Waals surface area contributed by atoms with Crippen LogP contribution in [0.15, 0.2) is 48.5 Å². The second kappa shape index (κ2) is 12.3. The third-order valence-electron chi connectivity index (χ3n) is 6.35. The van der Waals surface area contributed by atoms with E-state index in [2.05, 4.69) is 41.7 Å². The molecule has 1 fully saturated rings. The molecule has 8 heteroatoms. The maximum Gasteiger partial charge on any atom is 0.279 e. The van der Waals surface area contributed by atoms with E-state index in [1.54, 1.807) is 24.3 Å². The summed E-state index contributed by atoms with van der Waals surface area (Å²) >= 11 is 0. The molecule has 2 N–H and O–H groups in total. The highest BCUT2D eigenvalue weighted by atomic mass is 16.8. The summed E-state index contributed by atoms with van der Waals surface area (Å²) in [6.45, 7) is 4.01. The summed E-state index contributed by atoms with van der Waals surface area (Å²) in [5.41, 5.74) is 3.65. The smallest absolute Gasteiger partial charge is 0.279 e. The van der Waals surface area contributed by atoms with Crippen molar-refractivity contribution in [1.29, 1.82) is 0 Å². The summed E-state index contributed by atoms with van der Waals surface area (Å²) in [5, 5.41) is 2.46. The molecular formula is C28H33N3O5. The molecule has 0 saturated carbocycles. The number of hydrogen-bond donors (Lipinski definition) is 2. The van der Waals surface area contributed by atoms with Crippen molar-refractivity contribution in [2.75, 3.05) is 20.7 Å². The number of nitrogens with one attached hydrogen (secondary N) is 2. The Morgan fingerprint density at radius 2 is 1.64 bits per heavy atom. The van der Waals surface area contributed by atoms with E-state index in [0.717, 1.165) is 35.3 Å². The van der Waals surface area contributed by atoms with E-state index in [-0.39, 0.29) is 0 Å². The van der Waals surface area contributed by atoms with Crippen LogP contribution in [-0.4, -0.2) is 55.2 Å². The standard InChI is InChI=1S/C28H33N3O5/c1-5-20-9-11-21(12-10-20)13-14-22-15-17-23(18-16-22)25(32)31(4)28(2,26(33)29-3)27(34)30-36-24-8-6-7-19-35-24/h9-12,15-18,24H,5-8,19H2,1-4H3,(H,29,33)(H,30,34)/t24?,28-/m0/s1. The first-order chi connectivity index (χ1) is 17.3. The predicted octanol–water partition coefficient (Wildman–Crippen LogP) is 2.80. The van der Waals surface area contributed by atoms with Crippen LogP contribution in [0.3, 0.4) is 0 Å². The van der Waals surface area contributed by atoms with Crippen molar-refractivity contribution >= 4 is 17.7 Å². The molecule has 1 aliphatic rings. The molecule has 36 heavy (non-hydrogen) atoms. The molecule has 3 amide bonds. The number of hydroxylamine groups is 1. The van der Waals surface area contributed by atoms with Crippen LogP contribution in [-0.2, 0) is 25.6 Å². The number of carbonyl (C=O) groups is 3. The number of rotatable bonds is 7. The minimum atomic E-state index is -1.86. The van der Waals surface area contributed by atoms with Crippen LogP contribution in [0, 0.1) is 11.8 Å². The second-order valence-electron chi connectivity index (χ2n) is 8.74. The van der Waals surface area contributed by atoms with Gasteiger partial charge in [0, 0.05) is 43.8 Å². The third-order valence-corrected chi connectivity index (χ3v) is 6.35. The molecule has 0 radical (unpaired) electrons. The largest absolute Gasteiger partial charge is 0.357 e. The normalized spacial score (nSPS) is 16.6. The molecule has 190 valence electrons. The van der Waals surface area contributed by atoms with Gasteiger partial charge in [0.05, 0.1) is 0 Å². The number of nitrogens with zero attached hydrogens (tertiary/aromatic N) is 1. The van der Waals surface area contributed by atoms with Crippen molar-refractivity contribution < 1.29 is 24.0 Å². The highest BCUT2D eigenvalue weighted by molar-refractivity contribution is 6.12. The first kappa shape index (κ1) is 26.9. The summed E-state index contributed by atoms with van der Waals surface area (Å²) in [7, 11) is 2.81. The fraction of sp³-hybridized carbons (Fsp3) is 0.393. The summed E-state index contributed by atoms with van der Waals surface area (Å²) in [5.74, 6) is 4.27. The number of hydrogen-bond acceptors (Lipinski definition) is 5. The van der Waals surface area contributed by atoms with E-state index >= 15 is 0 Å². The number of benzene rings is 2. The summed E-state index contributed by atoms with van der Waals surface area (Å²) in [4.78, 5) is 45.5. The molecule has 8 nitrogen and oxygen atoms in total. The van der Waals surface area contributed by atoms with Gasteiger partial charge in [-0.2, -0.15) is 0 Å². The van der Waals surface area contributed by atoms with Gasteiger partial charge in [-0.1, -0.05) is 30.9 Å². The van der Waals surface area contributed by atoms with Gasteiger partial charge in [0.1, 0.15) is 0 Å². The van der Waals surface area contributed by atoms with Gasteiger partial charge in [-0.3, -0.25) is 14.4 Å². The zero-order valence-corrected chi connectivity index (χ0v) is 21.2. The minimum absolute atomic E-state index is 0.315. The Bertz CT molecular complexity index is 1130. The van der Waals surface area contributed by atoms with Gasteiger partial charge in [0.15, 0.2) is 11.8 Å². The van der Waals surface area contributed by atoms with Gasteiger partial charge < -0.3 is 15.0 Å². The Hall–Kier alpha value is -3.67. The zero-order valence-electron chi connectivity index (χ0n) is 21.2. The van der Waals surface area contributed by atoms with Crippen LogP contribution in [0.5, 0.6) is 0 Å². The van der Waals surface area contributed by atoms with Crippen LogP contribution in [0.25, 0.3) is 0 Å². The highest BCUT2D eigenvalue weighted by Gasteiger charge is 2.47. The average Bonchev–Trinajstić information content (AvgIpc) is 2.94. The quantitative estimate of drug-likeness (QED) is 0.353. The van der Waals surface area contributed by atoms with E-state index in [4.69, 9.17) is 9.57 Å². The Labute approximate surface area is 212 Å². The maximum absolute atomic E-state index is 13.2.